The normalized spacial score (nSPS) is 11.9. The molecule has 0 aliphatic carbocycles. The molecule has 0 radical (unpaired) electrons. The van der Waals surface area contributed by atoms with Gasteiger partial charge in [0.2, 0.25) is 5.88 Å². The van der Waals surface area contributed by atoms with E-state index in [9.17, 15) is 5.11 Å². The summed E-state index contributed by atoms with van der Waals surface area (Å²) in [5, 5.41) is 15.9. The molecular formula is C27H32ClN3O4. The number of hydrogen-bond acceptors (Lipinski definition) is 6. The van der Waals surface area contributed by atoms with Crippen LogP contribution in [-0.4, -0.2) is 59.3 Å². The van der Waals surface area contributed by atoms with Crippen molar-refractivity contribution in [2.24, 2.45) is 0 Å². The van der Waals surface area contributed by atoms with E-state index in [0.717, 1.165) is 35.7 Å². The van der Waals surface area contributed by atoms with Gasteiger partial charge in [-0.05, 0) is 62.4 Å². The molecule has 1 aromatic heterocycles. The van der Waals surface area contributed by atoms with E-state index >= 15 is 0 Å². The van der Waals surface area contributed by atoms with Crippen LogP contribution in [0.1, 0.15) is 24.6 Å². The van der Waals surface area contributed by atoms with Crippen molar-refractivity contribution in [2.75, 3.05) is 33.4 Å². The summed E-state index contributed by atoms with van der Waals surface area (Å²) < 4.78 is 18.7. The predicted octanol–water partition coefficient (Wildman–Crippen LogP) is 4.86. The van der Waals surface area contributed by atoms with Gasteiger partial charge in [0.25, 0.3) is 0 Å². The minimum absolute atomic E-state index is 0.177. The Hall–Kier alpha value is -3.02. The highest BCUT2D eigenvalue weighted by molar-refractivity contribution is 6.30. The Labute approximate surface area is 212 Å². The summed E-state index contributed by atoms with van der Waals surface area (Å²) in [4.78, 5) is 2.16. The largest absolute Gasteiger partial charge is 0.497 e. The van der Waals surface area contributed by atoms with Crippen molar-refractivity contribution in [2.45, 2.75) is 32.9 Å². The highest BCUT2D eigenvalue weighted by Crippen LogP contribution is 2.33. The number of benzene rings is 2. The number of hydrogen-bond donors (Lipinski definition) is 1. The van der Waals surface area contributed by atoms with Crippen LogP contribution >= 0.6 is 11.6 Å². The van der Waals surface area contributed by atoms with Crippen molar-refractivity contribution in [1.29, 1.82) is 0 Å². The van der Waals surface area contributed by atoms with Crippen LogP contribution in [0.4, 0.5) is 0 Å². The number of methoxy groups -OCH3 is 1. The standard InChI is InChI=1S/C27H32ClN3O4/c1-5-14-30(17-23(32)19-34-15-6-2)18-26-20(3)29-31(22-9-7-8-21(28)16-22)27(26)35-25-12-10-24(33-4)11-13-25/h2,7-13,16,23,32H,5,14-15,17-19H2,1,3-4H3/t23-/m0/s1. The van der Waals surface area contributed by atoms with Gasteiger partial charge in [-0.2, -0.15) is 5.10 Å². The number of halogens is 1. The van der Waals surface area contributed by atoms with E-state index < -0.39 is 6.10 Å². The van der Waals surface area contributed by atoms with Crippen molar-refractivity contribution in [1.82, 2.24) is 14.7 Å². The van der Waals surface area contributed by atoms with E-state index in [1.165, 1.54) is 0 Å². The molecule has 0 aliphatic heterocycles. The van der Waals surface area contributed by atoms with Gasteiger partial charge in [0.05, 0.1) is 36.8 Å². The fraction of sp³-hybridized carbons (Fsp3) is 0.370. The second kappa shape index (κ2) is 13.2. The molecule has 0 fully saturated rings. The molecular weight excluding hydrogens is 466 g/mol. The number of terminal acetylenes is 1. The van der Waals surface area contributed by atoms with Crippen molar-refractivity contribution >= 4 is 11.6 Å². The van der Waals surface area contributed by atoms with Crippen LogP contribution in [0, 0.1) is 19.3 Å². The number of nitrogens with zero attached hydrogens (tertiary/aromatic N) is 3. The van der Waals surface area contributed by atoms with Gasteiger partial charge in [0.15, 0.2) is 0 Å². The van der Waals surface area contributed by atoms with E-state index in [1.807, 2.05) is 55.5 Å². The molecule has 0 aliphatic rings. The Kier molecular flexibility index (Phi) is 10.0. The first-order valence-corrected chi connectivity index (χ1v) is 11.9. The topological polar surface area (TPSA) is 69.0 Å². The number of aryl methyl sites for hydroxylation is 1. The first-order chi connectivity index (χ1) is 16.9. The van der Waals surface area contributed by atoms with Crippen molar-refractivity contribution < 1.29 is 19.3 Å². The third-order valence-electron chi connectivity index (χ3n) is 5.35. The first-order valence-electron chi connectivity index (χ1n) is 11.5. The van der Waals surface area contributed by atoms with Crippen molar-refractivity contribution in [3.8, 4) is 35.4 Å². The van der Waals surface area contributed by atoms with E-state index in [-0.39, 0.29) is 13.2 Å². The highest BCUT2D eigenvalue weighted by Gasteiger charge is 2.22. The average molecular weight is 498 g/mol. The molecule has 0 saturated carbocycles. The van der Waals surface area contributed by atoms with Gasteiger partial charge >= 0.3 is 0 Å². The van der Waals surface area contributed by atoms with Crippen LogP contribution in [-0.2, 0) is 11.3 Å². The monoisotopic (exact) mass is 497 g/mol. The van der Waals surface area contributed by atoms with E-state index in [0.29, 0.717) is 29.7 Å². The quantitative estimate of drug-likeness (QED) is 0.269. The molecule has 35 heavy (non-hydrogen) atoms. The number of aromatic nitrogens is 2. The summed E-state index contributed by atoms with van der Waals surface area (Å²) in [7, 11) is 1.62. The summed E-state index contributed by atoms with van der Waals surface area (Å²) in [6, 6.07) is 14.9. The molecule has 3 rings (SSSR count). The lowest BCUT2D eigenvalue weighted by Gasteiger charge is -2.25. The zero-order valence-electron chi connectivity index (χ0n) is 20.4. The maximum Gasteiger partial charge on any atom is 0.227 e. The van der Waals surface area contributed by atoms with Gasteiger partial charge in [-0.15, -0.1) is 6.42 Å². The van der Waals surface area contributed by atoms with Crippen LogP contribution in [0.2, 0.25) is 5.02 Å². The molecule has 1 heterocycles. The molecule has 1 N–H and O–H groups in total. The average Bonchev–Trinajstić information content (AvgIpc) is 3.14. The summed E-state index contributed by atoms with van der Waals surface area (Å²) in [6.45, 7) is 6.17. The van der Waals surface area contributed by atoms with Gasteiger partial charge in [0, 0.05) is 18.1 Å². The Morgan fingerprint density at radius 1 is 1.20 bits per heavy atom. The number of ether oxygens (including phenoxy) is 3. The third-order valence-corrected chi connectivity index (χ3v) is 5.59. The predicted molar refractivity (Wildman–Crippen MR) is 138 cm³/mol. The maximum absolute atomic E-state index is 10.5. The van der Waals surface area contributed by atoms with Crippen LogP contribution in [0.3, 0.4) is 0 Å². The molecule has 0 spiro atoms. The lowest BCUT2D eigenvalue weighted by molar-refractivity contribution is 0.0259. The molecule has 7 nitrogen and oxygen atoms in total. The summed E-state index contributed by atoms with van der Waals surface area (Å²) in [6.07, 6.45) is 5.49. The fourth-order valence-electron chi connectivity index (χ4n) is 3.74. The molecule has 8 heteroatoms. The van der Waals surface area contributed by atoms with Crippen LogP contribution in [0.25, 0.3) is 5.69 Å². The van der Waals surface area contributed by atoms with Gasteiger partial charge in [0.1, 0.15) is 18.1 Å². The zero-order valence-corrected chi connectivity index (χ0v) is 21.2. The molecule has 0 unspecified atom stereocenters. The van der Waals surface area contributed by atoms with Gasteiger partial charge in [-0.3, -0.25) is 4.90 Å². The Morgan fingerprint density at radius 2 is 1.94 bits per heavy atom. The first kappa shape index (κ1) is 26.6. The van der Waals surface area contributed by atoms with E-state index in [1.54, 1.807) is 11.8 Å². The van der Waals surface area contributed by atoms with E-state index in [4.69, 9.17) is 37.3 Å². The number of rotatable bonds is 13. The summed E-state index contributed by atoms with van der Waals surface area (Å²) in [5.41, 5.74) is 2.54. The smallest absolute Gasteiger partial charge is 0.227 e. The molecule has 3 aromatic rings. The highest BCUT2D eigenvalue weighted by atomic mass is 35.5. The SMILES string of the molecule is C#CCOC[C@@H](O)CN(CCC)Cc1c(C)nn(-c2cccc(Cl)c2)c1Oc1ccc(OC)cc1. The molecule has 0 bridgehead atoms. The number of aliphatic hydroxyl groups excluding tert-OH is 1. The van der Waals surface area contributed by atoms with Crippen molar-refractivity contribution in [3.63, 3.8) is 0 Å². The van der Waals surface area contributed by atoms with Crippen LogP contribution < -0.4 is 9.47 Å². The van der Waals surface area contributed by atoms with Gasteiger partial charge in [-0.1, -0.05) is 30.5 Å². The summed E-state index contributed by atoms with van der Waals surface area (Å²) in [5.74, 6) is 4.40. The van der Waals surface area contributed by atoms with Crippen LogP contribution in [0.5, 0.6) is 17.4 Å². The second-order valence-corrected chi connectivity index (χ2v) is 8.58. The van der Waals surface area contributed by atoms with Gasteiger partial charge < -0.3 is 19.3 Å². The minimum Gasteiger partial charge on any atom is -0.497 e. The lowest BCUT2D eigenvalue weighted by atomic mass is 10.2. The minimum atomic E-state index is -0.663. The summed E-state index contributed by atoms with van der Waals surface area (Å²) >= 11 is 6.27. The zero-order chi connectivity index (χ0) is 25.2. The van der Waals surface area contributed by atoms with Crippen molar-refractivity contribution in [3.05, 3.63) is 64.8 Å². The fourth-order valence-corrected chi connectivity index (χ4v) is 3.93. The van der Waals surface area contributed by atoms with Crippen LogP contribution in [0.15, 0.2) is 48.5 Å². The lowest BCUT2D eigenvalue weighted by Crippen LogP contribution is -2.35. The Balaban J connectivity index is 1.94. The Morgan fingerprint density at radius 3 is 2.60 bits per heavy atom. The number of aliphatic hydroxyl groups is 1. The third kappa shape index (κ3) is 7.48. The van der Waals surface area contributed by atoms with Gasteiger partial charge in [-0.25, -0.2) is 4.68 Å². The molecule has 0 saturated heterocycles. The molecule has 0 amide bonds. The molecule has 2 aromatic carbocycles. The molecule has 186 valence electrons. The van der Waals surface area contributed by atoms with E-state index in [2.05, 4.69) is 17.7 Å². The Bertz CT molecular complexity index is 1120. The molecule has 1 atom stereocenters. The second-order valence-electron chi connectivity index (χ2n) is 8.15. The maximum atomic E-state index is 10.5.